The SMILES string of the molecule is c1ccc(-c2nc(-c3ccccc3)nc(-c3cccc(-n4c5ccccc5c5c6ccccc6c6sc7ccccc7c6c54)c3)n2)cc1. The molecule has 48 heavy (non-hydrogen) atoms. The van der Waals surface area contributed by atoms with Gasteiger partial charge in [-0.3, -0.25) is 0 Å². The molecule has 0 saturated carbocycles. The second-order valence-corrected chi connectivity index (χ2v) is 13.1. The van der Waals surface area contributed by atoms with Gasteiger partial charge in [-0.15, -0.1) is 11.3 Å². The number of hydrogen-bond acceptors (Lipinski definition) is 4. The molecule has 3 aromatic heterocycles. The van der Waals surface area contributed by atoms with Crippen molar-refractivity contribution in [3.8, 4) is 39.9 Å². The standard InChI is InChI=1S/C43H26N4S/c1-3-14-27(15-4-1)41-44-42(28-16-5-2-6-17-28)46-43(45-41)29-18-13-19-30(26-29)47-35-24-11-9-22-33(35)37-31-20-7-8-21-32(31)40-38(39(37)47)34-23-10-12-25-36(34)48-40/h1-26H. The molecule has 0 aliphatic heterocycles. The van der Waals surface area contributed by atoms with Crippen molar-refractivity contribution in [3.05, 3.63) is 158 Å². The molecule has 0 atom stereocenters. The summed E-state index contributed by atoms with van der Waals surface area (Å²) >= 11 is 1.88. The molecule has 0 bridgehead atoms. The third kappa shape index (κ3) is 4.11. The molecule has 0 amide bonds. The molecular formula is C43H26N4S. The number of benzene rings is 7. The Balaban J connectivity index is 1.28. The van der Waals surface area contributed by atoms with Crippen molar-refractivity contribution in [1.82, 2.24) is 19.5 Å². The summed E-state index contributed by atoms with van der Waals surface area (Å²) in [4.78, 5) is 15.0. The van der Waals surface area contributed by atoms with E-state index in [1.807, 2.05) is 72.0 Å². The highest BCUT2D eigenvalue weighted by atomic mass is 32.1. The lowest BCUT2D eigenvalue weighted by Crippen LogP contribution is -2.01. The molecule has 0 spiro atoms. The van der Waals surface area contributed by atoms with Crippen LogP contribution in [-0.2, 0) is 0 Å². The molecule has 4 nitrogen and oxygen atoms in total. The summed E-state index contributed by atoms with van der Waals surface area (Å²) in [6.07, 6.45) is 0. The van der Waals surface area contributed by atoms with Gasteiger partial charge in [0.15, 0.2) is 17.5 Å². The summed E-state index contributed by atoms with van der Waals surface area (Å²) in [5.41, 5.74) is 6.30. The van der Waals surface area contributed by atoms with E-state index in [2.05, 4.69) is 102 Å². The number of fused-ring (bicyclic) bond motifs is 10. The Morgan fingerprint density at radius 2 is 0.958 bits per heavy atom. The molecule has 3 heterocycles. The second-order valence-electron chi connectivity index (χ2n) is 12.0. The Labute approximate surface area is 280 Å². The maximum absolute atomic E-state index is 5.04. The fourth-order valence-electron chi connectivity index (χ4n) is 7.11. The number of rotatable bonds is 4. The average Bonchev–Trinajstić information content (AvgIpc) is 3.72. The Hall–Kier alpha value is -6.17. The highest BCUT2D eigenvalue weighted by Crippen LogP contribution is 2.47. The fourth-order valence-corrected chi connectivity index (χ4v) is 8.35. The average molecular weight is 631 g/mol. The van der Waals surface area contributed by atoms with Crippen LogP contribution in [0.1, 0.15) is 0 Å². The summed E-state index contributed by atoms with van der Waals surface area (Å²) in [6.45, 7) is 0. The number of para-hydroxylation sites is 1. The van der Waals surface area contributed by atoms with Crippen molar-refractivity contribution in [2.24, 2.45) is 0 Å². The highest BCUT2D eigenvalue weighted by Gasteiger charge is 2.22. The smallest absolute Gasteiger partial charge is 0.164 e. The van der Waals surface area contributed by atoms with E-state index in [0.717, 1.165) is 22.4 Å². The maximum Gasteiger partial charge on any atom is 0.164 e. The van der Waals surface area contributed by atoms with Gasteiger partial charge in [-0.2, -0.15) is 0 Å². The normalized spacial score (nSPS) is 11.8. The zero-order valence-corrected chi connectivity index (χ0v) is 26.5. The summed E-state index contributed by atoms with van der Waals surface area (Å²) in [5.74, 6) is 1.95. The highest BCUT2D eigenvalue weighted by molar-refractivity contribution is 7.27. The van der Waals surface area contributed by atoms with E-state index in [4.69, 9.17) is 15.0 Å². The monoisotopic (exact) mass is 630 g/mol. The molecule has 10 rings (SSSR count). The molecular weight excluding hydrogens is 605 g/mol. The van der Waals surface area contributed by atoms with Crippen molar-refractivity contribution < 1.29 is 0 Å². The lowest BCUT2D eigenvalue weighted by atomic mass is 10.00. The third-order valence-electron chi connectivity index (χ3n) is 9.21. The number of thiophene rings is 1. The molecule has 0 aliphatic carbocycles. The zero-order valence-electron chi connectivity index (χ0n) is 25.7. The van der Waals surface area contributed by atoms with Gasteiger partial charge in [-0.05, 0) is 29.7 Å². The topological polar surface area (TPSA) is 43.6 Å². The van der Waals surface area contributed by atoms with E-state index in [1.54, 1.807) is 0 Å². The van der Waals surface area contributed by atoms with Crippen molar-refractivity contribution >= 4 is 64.1 Å². The maximum atomic E-state index is 5.04. The van der Waals surface area contributed by atoms with Crippen molar-refractivity contribution in [2.75, 3.05) is 0 Å². The third-order valence-corrected chi connectivity index (χ3v) is 10.4. The predicted octanol–water partition coefficient (Wildman–Crippen LogP) is 11.5. The van der Waals surface area contributed by atoms with Gasteiger partial charge in [0.05, 0.1) is 11.0 Å². The molecule has 10 aromatic rings. The molecule has 7 aromatic carbocycles. The number of nitrogens with zero attached hydrogens (tertiary/aromatic N) is 4. The van der Waals surface area contributed by atoms with E-state index in [0.29, 0.717) is 17.5 Å². The predicted molar refractivity (Wildman–Crippen MR) is 201 cm³/mol. The van der Waals surface area contributed by atoms with Crippen molar-refractivity contribution in [1.29, 1.82) is 0 Å². The minimum absolute atomic E-state index is 0.641. The Morgan fingerprint density at radius 3 is 1.67 bits per heavy atom. The molecule has 0 N–H and O–H groups in total. The first-order valence-electron chi connectivity index (χ1n) is 16.0. The molecule has 0 aliphatic rings. The summed E-state index contributed by atoms with van der Waals surface area (Å²) in [5, 5.41) is 7.67. The molecule has 0 radical (unpaired) electrons. The minimum atomic E-state index is 0.641. The van der Waals surface area contributed by atoms with Crippen LogP contribution < -0.4 is 0 Å². The Morgan fingerprint density at radius 1 is 0.417 bits per heavy atom. The van der Waals surface area contributed by atoms with Gasteiger partial charge in [-0.25, -0.2) is 15.0 Å². The minimum Gasteiger partial charge on any atom is -0.309 e. The van der Waals surface area contributed by atoms with Crippen LogP contribution in [0.4, 0.5) is 0 Å². The molecule has 5 heteroatoms. The summed E-state index contributed by atoms with van der Waals surface area (Å²) in [6, 6.07) is 55.3. The van der Waals surface area contributed by atoms with E-state index in [1.165, 1.54) is 52.8 Å². The van der Waals surface area contributed by atoms with E-state index in [9.17, 15) is 0 Å². The fraction of sp³-hybridized carbons (Fsp3) is 0. The first-order valence-corrected chi connectivity index (χ1v) is 16.9. The lowest BCUT2D eigenvalue weighted by molar-refractivity contribution is 1.07. The molecule has 0 saturated heterocycles. The molecule has 0 fully saturated rings. The first kappa shape index (κ1) is 27.0. The Bertz CT molecular complexity index is 2780. The van der Waals surface area contributed by atoms with Crippen LogP contribution in [0.15, 0.2) is 158 Å². The van der Waals surface area contributed by atoms with E-state index >= 15 is 0 Å². The number of hydrogen-bond donors (Lipinski definition) is 0. The van der Waals surface area contributed by atoms with Crippen LogP contribution in [0.2, 0.25) is 0 Å². The quantitative estimate of drug-likeness (QED) is 0.194. The van der Waals surface area contributed by atoms with Gasteiger partial charge in [0.1, 0.15) is 0 Å². The Kier molecular flexibility index (Phi) is 6.01. The largest absolute Gasteiger partial charge is 0.309 e. The van der Waals surface area contributed by atoms with Gasteiger partial charge in [0, 0.05) is 58.7 Å². The van der Waals surface area contributed by atoms with E-state index in [-0.39, 0.29) is 0 Å². The van der Waals surface area contributed by atoms with Gasteiger partial charge >= 0.3 is 0 Å². The van der Waals surface area contributed by atoms with Gasteiger partial charge in [0.2, 0.25) is 0 Å². The molecule has 0 unspecified atom stereocenters. The van der Waals surface area contributed by atoms with Crippen molar-refractivity contribution in [2.45, 2.75) is 0 Å². The van der Waals surface area contributed by atoms with E-state index < -0.39 is 0 Å². The van der Waals surface area contributed by atoms with Gasteiger partial charge < -0.3 is 4.57 Å². The van der Waals surface area contributed by atoms with Crippen LogP contribution >= 0.6 is 11.3 Å². The van der Waals surface area contributed by atoms with Crippen LogP contribution in [0.25, 0.3) is 92.6 Å². The van der Waals surface area contributed by atoms with Crippen molar-refractivity contribution in [3.63, 3.8) is 0 Å². The summed E-state index contributed by atoms with van der Waals surface area (Å²) < 4.78 is 5.05. The van der Waals surface area contributed by atoms with Crippen LogP contribution in [0.3, 0.4) is 0 Å². The van der Waals surface area contributed by atoms with Gasteiger partial charge in [0.25, 0.3) is 0 Å². The number of aromatic nitrogens is 4. The zero-order chi connectivity index (χ0) is 31.6. The van der Waals surface area contributed by atoms with Crippen LogP contribution in [0.5, 0.6) is 0 Å². The molecule has 224 valence electrons. The second kappa shape index (κ2) is 10.7. The van der Waals surface area contributed by atoms with Crippen LogP contribution in [0, 0.1) is 0 Å². The van der Waals surface area contributed by atoms with Crippen LogP contribution in [-0.4, -0.2) is 19.5 Å². The first-order chi connectivity index (χ1) is 23.8. The van der Waals surface area contributed by atoms with Gasteiger partial charge in [-0.1, -0.05) is 133 Å². The lowest BCUT2D eigenvalue weighted by Gasteiger charge is -2.13. The summed E-state index contributed by atoms with van der Waals surface area (Å²) in [7, 11) is 0.